The Morgan fingerprint density at radius 1 is 1.26 bits per heavy atom. The summed E-state index contributed by atoms with van der Waals surface area (Å²) in [6.45, 7) is 6.71. The van der Waals surface area contributed by atoms with Crippen LogP contribution in [-0.2, 0) is 4.74 Å². The summed E-state index contributed by atoms with van der Waals surface area (Å²) in [5.74, 6) is 0.486. The van der Waals surface area contributed by atoms with Crippen LogP contribution in [0.5, 0.6) is 5.88 Å². The van der Waals surface area contributed by atoms with Crippen LogP contribution in [0.3, 0.4) is 0 Å². The van der Waals surface area contributed by atoms with Crippen molar-refractivity contribution in [1.82, 2.24) is 14.9 Å². The minimum Gasteiger partial charge on any atom is -0.471 e. The Balaban J connectivity index is 1.61. The van der Waals surface area contributed by atoms with Crippen molar-refractivity contribution in [2.45, 2.75) is 38.9 Å². The molecule has 1 aliphatic rings. The molecule has 3 rings (SSSR count). The second kappa shape index (κ2) is 6.02. The van der Waals surface area contributed by atoms with Crippen molar-refractivity contribution < 1.29 is 14.3 Å². The van der Waals surface area contributed by atoms with Crippen LogP contribution in [0.25, 0.3) is 11.0 Å². The highest BCUT2D eigenvalue weighted by Gasteiger charge is 2.31. The van der Waals surface area contributed by atoms with Crippen molar-refractivity contribution >= 4 is 17.1 Å². The number of benzene rings is 1. The van der Waals surface area contributed by atoms with Crippen LogP contribution in [0, 0.1) is 0 Å². The van der Waals surface area contributed by atoms with Gasteiger partial charge in [-0.15, -0.1) is 0 Å². The van der Waals surface area contributed by atoms with Crippen molar-refractivity contribution in [3.8, 4) is 5.88 Å². The lowest BCUT2D eigenvalue weighted by molar-refractivity contribution is 0.0275. The van der Waals surface area contributed by atoms with Crippen molar-refractivity contribution in [2.24, 2.45) is 0 Å². The van der Waals surface area contributed by atoms with E-state index >= 15 is 0 Å². The van der Waals surface area contributed by atoms with Crippen molar-refractivity contribution in [2.75, 3.05) is 13.1 Å². The third-order valence-electron chi connectivity index (χ3n) is 3.51. The zero-order valence-electron chi connectivity index (χ0n) is 13.7. The molecular formula is C17H21N3O3. The highest BCUT2D eigenvalue weighted by molar-refractivity contribution is 5.74. The number of nitrogens with zero attached hydrogens (tertiary/aromatic N) is 3. The fourth-order valence-electron chi connectivity index (χ4n) is 2.48. The molecule has 122 valence electrons. The van der Waals surface area contributed by atoms with Crippen LogP contribution in [0.4, 0.5) is 4.79 Å². The molecule has 0 aliphatic carbocycles. The molecule has 6 heteroatoms. The number of amides is 1. The molecule has 1 aromatic heterocycles. The Labute approximate surface area is 135 Å². The smallest absolute Gasteiger partial charge is 0.410 e. The molecule has 1 aliphatic heterocycles. The van der Waals surface area contributed by atoms with Gasteiger partial charge in [-0.1, -0.05) is 12.1 Å². The molecule has 0 saturated carbocycles. The number of para-hydroxylation sites is 2. The first-order valence-electron chi connectivity index (χ1n) is 7.77. The molecule has 1 amide bonds. The first kappa shape index (κ1) is 15.5. The van der Waals surface area contributed by atoms with E-state index in [-0.39, 0.29) is 12.2 Å². The average Bonchev–Trinajstić information content (AvgIpc) is 2.94. The van der Waals surface area contributed by atoms with Crippen molar-refractivity contribution in [3.05, 3.63) is 30.5 Å². The van der Waals surface area contributed by atoms with E-state index in [1.165, 1.54) is 0 Å². The van der Waals surface area contributed by atoms with E-state index in [9.17, 15) is 4.79 Å². The average molecular weight is 315 g/mol. The summed E-state index contributed by atoms with van der Waals surface area (Å²) >= 11 is 0. The van der Waals surface area contributed by atoms with Crippen LogP contribution in [-0.4, -0.2) is 45.8 Å². The third kappa shape index (κ3) is 3.88. The topological polar surface area (TPSA) is 64.5 Å². The van der Waals surface area contributed by atoms with Crippen LogP contribution >= 0.6 is 0 Å². The highest BCUT2D eigenvalue weighted by Crippen LogP contribution is 2.20. The Bertz CT molecular complexity index is 712. The van der Waals surface area contributed by atoms with Gasteiger partial charge in [-0.3, -0.25) is 0 Å². The molecule has 0 unspecified atom stereocenters. The number of carbonyl (C=O) groups excluding carboxylic acids is 1. The fourth-order valence-corrected chi connectivity index (χ4v) is 2.48. The SMILES string of the molecule is CC(C)(C)OC(=O)N1CC[C@H](Oc2cnc3ccccc3n2)C1. The molecule has 0 N–H and O–H groups in total. The molecule has 0 radical (unpaired) electrons. The van der Waals surface area contributed by atoms with E-state index in [0.29, 0.717) is 19.0 Å². The van der Waals surface area contributed by atoms with Crippen LogP contribution in [0.1, 0.15) is 27.2 Å². The van der Waals surface area contributed by atoms with Crippen LogP contribution in [0.2, 0.25) is 0 Å². The summed E-state index contributed by atoms with van der Waals surface area (Å²) in [7, 11) is 0. The van der Waals surface area contributed by atoms with Gasteiger partial charge in [-0.25, -0.2) is 14.8 Å². The third-order valence-corrected chi connectivity index (χ3v) is 3.51. The minimum absolute atomic E-state index is 0.0852. The normalized spacial score (nSPS) is 18.2. The summed E-state index contributed by atoms with van der Waals surface area (Å²) < 4.78 is 11.3. The number of ether oxygens (including phenoxy) is 2. The maximum Gasteiger partial charge on any atom is 0.410 e. The predicted octanol–water partition coefficient (Wildman–Crippen LogP) is 3.02. The van der Waals surface area contributed by atoms with Gasteiger partial charge in [0.15, 0.2) is 0 Å². The molecule has 1 aromatic carbocycles. The zero-order valence-corrected chi connectivity index (χ0v) is 13.7. The summed E-state index contributed by atoms with van der Waals surface area (Å²) in [4.78, 5) is 22.5. The van der Waals surface area contributed by atoms with E-state index < -0.39 is 5.60 Å². The van der Waals surface area contributed by atoms with E-state index in [0.717, 1.165) is 17.5 Å². The van der Waals surface area contributed by atoms with Crippen molar-refractivity contribution in [1.29, 1.82) is 0 Å². The summed E-state index contributed by atoms with van der Waals surface area (Å²) in [6, 6.07) is 7.65. The molecule has 6 nitrogen and oxygen atoms in total. The van der Waals surface area contributed by atoms with Gasteiger partial charge in [-0.2, -0.15) is 0 Å². The van der Waals surface area contributed by atoms with Gasteiger partial charge in [0.2, 0.25) is 5.88 Å². The summed E-state index contributed by atoms with van der Waals surface area (Å²) in [6.07, 6.45) is 2.00. The van der Waals surface area contributed by atoms with Crippen LogP contribution < -0.4 is 4.74 Å². The fraction of sp³-hybridized carbons (Fsp3) is 0.471. The first-order valence-corrected chi connectivity index (χ1v) is 7.77. The van der Waals surface area contributed by atoms with E-state index in [1.807, 2.05) is 45.0 Å². The predicted molar refractivity (Wildman–Crippen MR) is 86.4 cm³/mol. The molecule has 2 heterocycles. The second-order valence-corrected chi connectivity index (χ2v) is 6.65. The highest BCUT2D eigenvalue weighted by atomic mass is 16.6. The monoisotopic (exact) mass is 315 g/mol. The number of likely N-dealkylation sites (tertiary alicyclic amines) is 1. The maximum absolute atomic E-state index is 12.1. The molecule has 23 heavy (non-hydrogen) atoms. The van der Waals surface area contributed by atoms with Gasteiger partial charge in [0.1, 0.15) is 11.7 Å². The maximum atomic E-state index is 12.1. The Morgan fingerprint density at radius 2 is 2.00 bits per heavy atom. The molecule has 1 atom stereocenters. The quantitative estimate of drug-likeness (QED) is 0.852. The number of fused-ring (bicyclic) bond motifs is 1. The standard InChI is InChI=1S/C17H21N3O3/c1-17(2,3)23-16(21)20-9-8-12(11-20)22-15-10-18-13-6-4-5-7-14(13)19-15/h4-7,10,12H,8-9,11H2,1-3H3/t12-/m0/s1. The number of hydrogen-bond acceptors (Lipinski definition) is 5. The Kier molecular flexibility index (Phi) is 4.07. The largest absolute Gasteiger partial charge is 0.471 e. The number of aromatic nitrogens is 2. The Hall–Kier alpha value is -2.37. The van der Waals surface area contributed by atoms with Gasteiger partial charge in [-0.05, 0) is 32.9 Å². The molecule has 1 saturated heterocycles. The lowest BCUT2D eigenvalue weighted by Crippen LogP contribution is -2.36. The van der Waals surface area contributed by atoms with Crippen LogP contribution in [0.15, 0.2) is 30.5 Å². The minimum atomic E-state index is -0.486. The first-order chi connectivity index (χ1) is 10.9. The van der Waals surface area contributed by atoms with Gasteiger partial charge < -0.3 is 14.4 Å². The van der Waals surface area contributed by atoms with Gasteiger partial charge in [0.05, 0.1) is 23.8 Å². The number of hydrogen-bond donors (Lipinski definition) is 0. The summed E-state index contributed by atoms with van der Waals surface area (Å²) in [5.41, 5.74) is 1.15. The molecular weight excluding hydrogens is 294 g/mol. The Morgan fingerprint density at radius 3 is 2.74 bits per heavy atom. The number of rotatable bonds is 2. The van der Waals surface area contributed by atoms with Crippen molar-refractivity contribution in [3.63, 3.8) is 0 Å². The van der Waals surface area contributed by atoms with Gasteiger partial charge in [0.25, 0.3) is 0 Å². The molecule has 2 aromatic rings. The lowest BCUT2D eigenvalue weighted by atomic mass is 10.2. The van der Waals surface area contributed by atoms with Gasteiger partial charge in [0, 0.05) is 13.0 Å². The van der Waals surface area contributed by atoms with E-state index in [1.54, 1.807) is 11.1 Å². The molecule has 0 bridgehead atoms. The molecule has 1 fully saturated rings. The second-order valence-electron chi connectivity index (χ2n) is 6.65. The number of carbonyl (C=O) groups is 1. The van der Waals surface area contributed by atoms with Gasteiger partial charge >= 0.3 is 6.09 Å². The van der Waals surface area contributed by atoms with E-state index in [4.69, 9.17) is 9.47 Å². The molecule has 0 spiro atoms. The summed E-state index contributed by atoms with van der Waals surface area (Å²) in [5, 5.41) is 0. The van der Waals surface area contributed by atoms with E-state index in [2.05, 4.69) is 9.97 Å². The zero-order chi connectivity index (χ0) is 16.4. The lowest BCUT2D eigenvalue weighted by Gasteiger charge is -2.24.